The molecule has 0 radical (unpaired) electrons. The lowest BCUT2D eigenvalue weighted by Crippen LogP contribution is -2.55. The molecule has 28 heavy (non-hydrogen) atoms. The average molecular weight is 380 g/mol. The molecule has 0 unspecified atom stereocenters. The molecule has 2 bridgehead atoms. The van der Waals surface area contributed by atoms with Crippen LogP contribution in [0.4, 0.5) is 4.79 Å². The minimum Gasteiger partial charge on any atom is -0.391 e. The summed E-state index contributed by atoms with van der Waals surface area (Å²) in [5.74, 6) is 0.127. The molecule has 0 spiro atoms. The van der Waals surface area contributed by atoms with Gasteiger partial charge in [0.2, 0.25) is 5.88 Å². The number of hydrogen-bond donors (Lipinski definition) is 2. The zero-order valence-electron chi connectivity index (χ0n) is 15.9. The summed E-state index contributed by atoms with van der Waals surface area (Å²) in [6.45, 7) is 1.85. The van der Waals surface area contributed by atoms with Gasteiger partial charge in [-0.05, 0) is 63.6 Å². The molecule has 0 aromatic carbocycles. The number of nitrogens with one attached hydrogen (secondary N) is 2. The maximum atomic E-state index is 12.6. The summed E-state index contributed by atoms with van der Waals surface area (Å²) in [6.07, 6.45) is 6.19. The number of amides is 2. The van der Waals surface area contributed by atoms with Crippen molar-refractivity contribution in [3.63, 3.8) is 0 Å². The molecule has 2 aliphatic carbocycles. The molecule has 0 aliphatic heterocycles. The number of carbonyl (C=O) groups excluding carboxylic acids is 2. The van der Waals surface area contributed by atoms with Crippen molar-refractivity contribution in [1.82, 2.24) is 20.6 Å². The highest BCUT2D eigenvalue weighted by Crippen LogP contribution is 2.48. The van der Waals surface area contributed by atoms with Gasteiger partial charge in [0.25, 0.3) is 5.91 Å². The van der Waals surface area contributed by atoms with Gasteiger partial charge in [-0.1, -0.05) is 12.1 Å². The van der Waals surface area contributed by atoms with Gasteiger partial charge in [0.1, 0.15) is 5.69 Å². The first-order valence-corrected chi connectivity index (χ1v) is 9.65. The maximum absolute atomic E-state index is 12.6. The molecule has 7 nitrogen and oxygen atoms in total. The number of aromatic nitrogens is 2. The van der Waals surface area contributed by atoms with Crippen LogP contribution in [-0.2, 0) is 0 Å². The smallest absolute Gasteiger partial charge is 0.391 e. The molecule has 4 rings (SSSR count). The highest BCUT2D eigenvalue weighted by molar-refractivity contribution is 5.92. The fourth-order valence-corrected chi connectivity index (χ4v) is 4.55. The van der Waals surface area contributed by atoms with E-state index in [1.54, 1.807) is 36.5 Å². The van der Waals surface area contributed by atoms with Gasteiger partial charge >= 0.3 is 6.09 Å². The van der Waals surface area contributed by atoms with Crippen molar-refractivity contribution >= 4 is 12.0 Å². The first kappa shape index (κ1) is 18.4. The van der Waals surface area contributed by atoms with Crippen molar-refractivity contribution in [3.8, 4) is 5.88 Å². The van der Waals surface area contributed by atoms with E-state index >= 15 is 0 Å². The minimum atomic E-state index is -0.494. The summed E-state index contributed by atoms with van der Waals surface area (Å²) in [5.41, 5.74) is 0.550. The second-order valence-corrected chi connectivity index (χ2v) is 7.89. The fourth-order valence-electron chi connectivity index (χ4n) is 4.55. The molecule has 2 N–H and O–H groups in total. The molecular formula is C21H24N4O3. The van der Waals surface area contributed by atoms with Crippen LogP contribution in [0, 0.1) is 6.92 Å². The molecule has 2 saturated carbocycles. The number of ether oxygens (including phenoxy) is 1. The maximum Gasteiger partial charge on any atom is 0.414 e. The predicted molar refractivity (Wildman–Crippen MR) is 103 cm³/mol. The van der Waals surface area contributed by atoms with Crippen LogP contribution in [0.5, 0.6) is 5.88 Å². The van der Waals surface area contributed by atoms with Crippen LogP contribution in [-0.4, -0.2) is 33.0 Å². The van der Waals surface area contributed by atoms with Crippen molar-refractivity contribution < 1.29 is 14.3 Å². The standard InChI is InChI=1S/C21H24N4O3/c1-15-6-4-8-17(23-15)28-19(27)25-21-10-5-9-20(14-21,11-12-21)24-18(26)16-7-2-3-13-22-16/h2-4,6-8,13H,5,9-12,14H2,1H3,(H,24,26)(H,25,27)/t20-,21+/m1/s1. The Kier molecular flexibility index (Phi) is 4.75. The van der Waals surface area contributed by atoms with Crippen molar-refractivity contribution in [1.29, 1.82) is 0 Å². The highest BCUT2D eigenvalue weighted by atomic mass is 16.6. The second kappa shape index (κ2) is 7.22. The molecule has 7 heteroatoms. The third-order valence-electron chi connectivity index (χ3n) is 5.77. The Hall–Kier alpha value is -2.96. The molecule has 2 aromatic heterocycles. The number of pyridine rings is 2. The van der Waals surface area contributed by atoms with Crippen LogP contribution >= 0.6 is 0 Å². The van der Waals surface area contributed by atoms with Crippen LogP contribution < -0.4 is 15.4 Å². The van der Waals surface area contributed by atoms with E-state index < -0.39 is 6.09 Å². The second-order valence-electron chi connectivity index (χ2n) is 7.89. The molecule has 2 atom stereocenters. The lowest BCUT2D eigenvalue weighted by Gasteiger charge is -2.40. The highest BCUT2D eigenvalue weighted by Gasteiger charge is 2.52. The lowest BCUT2D eigenvalue weighted by molar-refractivity contribution is 0.0865. The normalized spacial score (nSPS) is 25.8. The van der Waals surface area contributed by atoms with Crippen LogP contribution in [0.1, 0.15) is 54.7 Å². The van der Waals surface area contributed by atoms with Gasteiger partial charge < -0.3 is 15.4 Å². The Bertz CT molecular complexity index is 888. The van der Waals surface area contributed by atoms with E-state index in [1.165, 1.54) is 0 Å². The number of aryl methyl sites for hydroxylation is 1. The van der Waals surface area contributed by atoms with Crippen molar-refractivity contribution in [2.45, 2.75) is 56.5 Å². The van der Waals surface area contributed by atoms with Gasteiger partial charge in [-0.2, -0.15) is 0 Å². The van der Waals surface area contributed by atoms with Crippen LogP contribution in [0.25, 0.3) is 0 Å². The molecule has 2 aliphatic rings. The summed E-state index contributed by atoms with van der Waals surface area (Å²) in [6, 6.07) is 10.6. The Morgan fingerprint density at radius 1 is 1.00 bits per heavy atom. The summed E-state index contributed by atoms with van der Waals surface area (Å²) in [5, 5.41) is 6.25. The number of fused-ring (bicyclic) bond motifs is 2. The van der Waals surface area contributed by atoms with Gasteiger partial charge in [0, 0.05) is 29.0 Å². The van der Waals surface area contributed by atoms with Crippen LogP contribution in [0.15, 0.2) is 42.6 Å². The van der Waals surface area contributed by atoms with Crippen molar-refractivity contribution in [2.24, 2.45) is 0 Å². The third kappa shape index (κ3) is 3.83. The van der Waals surface area contributed by atoms with E-state index in [0.717, 1.165) is 37.8 Å². The SMILES string of the molecule is Cc1cccc(OC(=O)N[C@@]23CCC[C@@](NC(=O)c4ccccn4)(CC2)C3)n1. The quantitative estimate of drug-likeness (QED) is 0.850. The Balaban J connectivity index is 1.42. The number of carbonyl (C=O) groups is 2. The van der Waals surface area contributed by atoms with Gasteiger partial charge in [0.15, 0.2) is 0 Å². The van der Waals surface area contributed by atoms with Gasteiger partial charge in [0.05, 0.1) is 0 Å². The number of nitrogens with zero attached hydrogens (tertiary/aromatic N) is 2. The van der Waals surface area contributed by atoms with Gasteiger partial charge in [-0.15, -0.1) is 0 Å². The molecule has 0 saturated heterocycles. The van der Waals surface area contributed by atoms with Crippen molar-refractivity contribution in [3.05, 3.63) is 54.0 Å². The van der Waals surface area contributed by atoms with E-state index in [9.17, 15) is 9.59 Å². The lowest BCUT2D eigenvalue weighted by atomic mass is 9.78. The van der Waals surface area contributed by atoms with Crippen molar-refractivity contribution in [2.75, 3.05) is 0 Å². The molecule has 146 valence electrons. The number of hydrogen-bond acceptors (Lipinski definition) is 5. The molecule has 2 heterocycles. The van der Waals surface area contributed by atoms with E-state index in [1.807, 2.05) is 13.0 Å². The Labute approximate surface area is 163 Å². The topological polar surface area (TPSA) is 93.2 Å². The van der Waals surface area contributed by atoms with Gasteiger partial charge in [-0.25, -0.2) is 9.78 Å². The Morgan fingerprint density at radius 3 is 2.50 bits per heavy atom. The Morgan fingerprint density at radius 2 is 1.79 bits per heavy atom. The molecule has 2 amide bonds. The first-order valence-electron chi connectivity index (χ1n) is 9.65. The minimum absolute atomic E-state index is 0.162. The largest absolute Gasteiger partial charge is 0.414 e. The van der Waals surface area contributed by atoms with E-state index in [0.29, 0.717) is 12.1 Å². The zero-order valence-corrected chi connectivity index (χ0v) is 15.9. The fraction of sp³-hybridized carbons (Fsp3) is 0.429. The van der Waals surface area contributed by atoms with Crippen LogP contribution in [0.2, 0.25) is 0 Å². The molecular weight excluding hydrogens is 356 g/mol. The van der Waals surface area contributed by atoms with E-state index in [2.05, 4.69) is 20.6 Å². The molecule has 2 fully saturated rings. The summed E-state index contributed by atoms with van der Waals surface area (Å²) >= 11 is 0. The predicted octanol–water partition coefficient (Wildman–Crippen LogP) is 3.15. The summed E-state index contributed by atoms with van der Waals surface area (Å²) < 4.78 is 5.37. The average Bonchev–Trinajstić information content (AvgIpc) is 2.92. The third-order valence-corrected chi connectivity index (χ3v) is 5.77. The molecule has 2 aromatic rings. The van der Waals surface area contributed by atoms with Gasteiger partial charge in [-0.3, -0.25) is 9.78 Å². The monoisotopic (exact) mass is 380 g/mol. The van der Waals surface area contributed by atoms with E-state index in [-0.39, 0.29) is 22.9 Å². The zero-order chi connectivity index (χ0) is 19.6. The van der Waals surface area contributed by atoms with E-state index in [4.69, 9.17) is 4.74 Å². The number of rotatable bonds is 4. The van der Waals surface area contributed by atoms with Crippen LogP contribution in [0.3, 0.4) is 0 Å². The summed E-state index contributed by atoms with van der Waals surface area (Å²) in [7, 11) is 0. The first-order chi connectivity index (χ1) is 13.5. The summed E-state index contributed by atoms with van der Waals surface area (Å²) in [4.78, 5) is 33.4.